The van der Waals surface area contributed by atoms with Gasteiger partial charge in [-0.15, -0.1) is 11.8 Å². The van der Waals surface area contributed by atoms with Gasteiger partial charge in [0.05, 0.1) is 23.3 Å². The van der Waals surface area contributed by atoms with E-state index in [1.165, 1.54) is 4.90 Å². The molecule has 0 radical (unpaired) electrons. The Morgan fingerprint density at radius 3 is 2.75 bits per heavy atom. The van der Waals surface area contributed by atoms with Crippen LogP contribution in [0.5, 0.6) is 0 Å². The molecular weight excluding hydrogens is 218 g/mol. The Labute approximate surface area is 99.1 Å². The van der Waals surface area contributed by atoms with E-state index in [4.69, 9.17) is 5.73 Å². The van der Waals surface area contributed by atoms with Gasteiger partial charge in [-0.1, -0.05) is 12.1 Å². The van der Waals surface area contributed by atoms with Crippen molar-refractivity contribution in [2.24, 2.45) is 0 Å². The van der Waals surface area contributed by atoms with Gasteiger partial charge in [0, 0.05) is 11.1 Å². The minimum Gasteiger partial charge on any atom is -0.396 e. The van der Waals surface area contributed by atoms with Gasteiger partial charge in [-0.25, -0.2) is 0 Å². The van der Waals surface area contributed by atoms with Crippen molar-refractivity contribution in [3.05, 3.63) is 42.7 Å². The largest absolute Gasteiger partial charge is 0.396 e. The lowest BCUT2D eigenvalue weighted by Crippen LogP contribution is -1.97. The molecule has 0 aliphatic carbocycles. The van der Waals surface area contributed by atoms with E-state index in [2.05, 4.69) is 22.6 Å². The first kappa shape index (κ1) is 10.8. The molecule has 16 heavy (non-hydrogen) atoms. The number of nitrogens with two attached hydrogens (primary N) is 1. The number of anilines is 3. The summed E-state index contributed by atoms with van der Waals surface area (Å²) in [5.74, 6) is 0. The lowest BCUT2D eigenvalue weighted by molar-refractivity contribution is 1.32. The molecule has 0 spiro atoms. The summed E-state index contributed by atoms with van der Waals surface area (Å²) >= 11 is 1.70. The van der Waals surface area contributed by atoms with Crippen LogP contribution in [-0.2, 0) is 0 Å². The third-order valence-electron chi connectivity index (χ3n) is 2.23. The number of nitrogen functional groups attached to an aromatic ring is 1. The molecule has 0 saturated heterocycles. The average Bonchev–Trinajstić information content (AvgIpc) is 2.33. The van der Waals surface area contributed by atoms with Gasteiger partial charge < -0.3 is 11.1 Å². The van der Waals surface area contributed by atoms with Crippen LogP contribution in [-0.4, -0.2) is 11.2 Å². The highest BCUT2D eigenvalue weighted by molar-refractivity contribution is 7.98. The number of para-hydroxylation sites is 1. The summed E-state index contributed by atoms with van der Waals surface area (Å²) in [5.41, 5.74) is 8.43. The number of nitrogens with zero attached hydrogens (tertiary/aromatic N) is 1. The van der Waals surface area contributed by atoms with Crippen LogP contribution in [0, 0.1) is 0 Å². The summed E-state index contributed by atoms with van der Waals surface area (Å²) in [6, 6.07) is 9.99. The lowest BCUT2D eigenvalue weighted by atomic mass is 10.3. The first-order chi connectivity index (χ1) is 7.81. The van der Waals surface area contributed by atoms with Crippen LogP contribution < -0.4 is 11.1 Å². The van der Waals surface area contributed by atoms with E-state index in [1.54, 1.807) is 24.2 Å². The molecule has 3 nitrogen and oxygen atoms in total. The highest BCUT2D eigenvalue weighted by Gasteiger charge is 2.02. The highest BCUT2D eigenvalue weighted by Crippen LogP contribution is 2.29. The summed E-state index contributed by atoms with van der Waals surface area (Å²) in [6.45, 7) is 0. The molecule has 4 heteroatoms. The van der Waals surface area contributed by atoms with E-state index in [9.17, 15) is 0 Å². The van der Waals surface area contributed by atoms with E-state index in [1.807, 2.05) is 24.3 Å². The molecule has 1 aromatic heterocycles. The molecule has 0 amide bonds. The van der Waals surface area contributed by atoms with Gasteiger partial charge in [0.1, 0.15) is 0 Å². The second kappa shape index (κ2) is 4.90. The second-order valence-corrected chi connectivity index (χ2v) is 4.14. The van der Waals surface area contributed by atoms with Gasteiger partial charge in [0.25, 0.3) is 0 Å². The molecule has 82 valence electrons. The molecule has 0 aliphatic heterocycles. The van der Waals surface area contributed by atoms with E-state index >= 15 is 0 Å². The summed E-state index contributed by atoms with van der Waals surface area (Å²) in [5, 5.41) is 3.31. The smallest absolute Gasteiger partial charge is 0.0739 e. The number of pyridine rings is 1. The van der Waals surface area contributed by atoms with Crippen LogP contribution in [0.1, 0.15) is 0 Å². The van der Waals surface area contributed by atoms with E-state index in [-0.39, 0.29) is 0 Å². The second-order valence-electron chi connectivity index (χ2n) is 3.29. The number of rotatable bonds is 3. The van der Waals surface area contributed by atoms with Crippen molar-refractivity contribution in [3.63, 3.8) is 0 Å². The van der Waals surface area contributed by atoms with Gasteiger partial charge in [0.15, 0.2) is 0 Å². The summed E-state index contributed by atoms with van der Waals surface area (Å²) in [6.07, 6.45) is 5.42. The monoisotopic (exact) mass is 231 g/mol. The zero-order valence-corrected chi connectivity index (χ0v) is 9.79. The maximum Gasteiger partial charge on any atom is 0.0739 e. The molecule has 0 aliphatic rings. The Hall–Kier alpha value is -1.68. The molecule has 1 aromatic carbocycles. The van der Waals surface area contributed by atoms with Gasteiger partial charge in [-0.2, -0.15) is 0 Å². The van der Waals surface area contributed by atoms with Gasteiger partial charge in [-0.3, -0.25) is 4.98 Å². The van der Waals surface area contributed by atoms with Gasteiger partial charge >= 0.3 is 0 Å². The van der Waals surface area contributed by atoms with Crippen LogP contribution in [0.15, 0.2) is 47.6 Å². The van der Waals surface area contributed by atoms with Crippen LogP contribution in [0.3, 0.4) is 0 Å². The first-order valence-electron chi connectivity index (χ1n) is 4.91. The predicted molar refractivity (Wildman–Crippen MR) is 70.2 cm³/mol. The molecule has 0 bridgehead atoms. The Balaban J connectivity index is 2.30. The maximum atomic E-state index is 5.83. The minimum atomic E-state index is 0.651. The Kier molecular flexibility index (Phi) is 3.31. The molecule has 2 rings (SSSR count). The number of benzene rings is 1. The quantitative estimate of drug-likeness (QED) is 0.797. The average molecular weight is 231 g/mol. The molecule has 0 fully saturated rings. The van der Waals surface area contributed by atoms with E-state index < -0.39 is 0 Å². The molecule has 2 aromatic rings. The molecular formula is C12H13N3S. The summed E-state index contributed by atoms with van der Waals surface area (Å²) in [7, 11) is 0. The number of hydrogen-bond acceptors (Lipinski definition) is 4. The standard InChI is InChI=1S/C12H13N3S/c1-16-12-5-3-2-4-11(12)15-10-6-7-14-8-9(10)13/h2-8H,13H2,1H3,(H,14,15). The zero-order valence-electron chi connectivity index (χ0n) is 8.97. The van der Waals surface area contributed by atoms with Gasteiger partial charge in [0.2, 0.25) is 0 Å². The van der Waals surface area contributed by atoms with Crippen molar-refractivity contribution in [2.75, 3.05) is 17.3 Å². The number of nitrogens with one attached hydrogen (secondary N) is 1. The molecule has 0 saturated carbocycles. The summed E-state index contributed by atoms with van der Waals surface area (Å²) < 4.78 is 0. The Morgan fingerprint density at radius 1 is 1.19 bits per heavy atom. The van der Waals surface area contributed by atoms with Crippen LogP contribution in [0.2, 0.25) is 0 Å². The predicted octanol–water partition coefficient (Wildman–Crippen LogP) is 3.13. The molecule has 0 unspecified atom stereocenters. The van der Waals surface area contributed by atoms with Crippen molar-refractivity contribution >= 4 is 28.8 Å². The van der Waals surface area contributed by atoms with E-state index in [0.29, 0.717) is 5.69 Å². The lowest BCUT2D eigenvalue weighted by Gasteiger charge is -2.11. The molecule has 3 N–H and O–H groups in total. The summed E-state index contributed by atoms with van der Waals surface area (Å²) in [4.78, 5) is 5.15. The van der Waals surface area contributed by atoms with Crippen molar-refractivity contribution in [1.29, 1.82) is 0 Å². The third-order valence-corrected chi connectivity index (χ3v) is 3.02. The maximum absolute atomic E-state index is 5.83. The van der Waals surface area contributed by atoms with E-state index in [0.717, 1.165) is 11.4 Å². The first-order valence-corrected chi connectivity index (χ1v) is 6.13. The van der Waals surface area contributed by atoms with Crippen LogP contribution >= 0.6 is 11.8 Å². The zero-order chi connectivity index (χ0) is 11.4. The number of aromatic nitrogens is 1. The fraction of sp³-hybridized carbons (Fsp3) is 0.0833. The third kappa shape index (κ3) is 2.28. The molecule has 0 atom stereocenters. The number of thioether (sulfide) groups is 1. The van der Waals surface area contributed by atoms with Crippen molar-refractivity contribution < 1.29 is 0 Å². The number of hydrogen-bond donors (Lipinski definition) is 2. The highest BCUT2D eigenvalue weighted by atomic mass is 32.2. The SMILES string of the molecule is CSc1ccccc1Nc1ccncc1N. The fourth-order valence-corrected chi connectivity index (χ4v) is 1.97. The van der Waals surface area contributed by atoms with Crippen molar-refractivity contribution in [2.45, 2.75) is 4.90 Å². The van der Waals surface area contributed by atoms with Crippen molar-refractivity contribution in [1.82, 2.24) is 4.98 Å². The topological polar surface area (TPSA) is 50.9 Å². The van der Waals surface area contributed by atoms with Crippen LogP contribution in [0.4, 0.5) is 17.1 Å². The minimum absolute atomic E-state index is 0.651. The van der Waals surface area contributed by atoms with Gasteiger partial charge in [-0.05, 0) is 24.5 Å². The Bertz CT molecular complexity index is 485. The van der Waals surface area contributed by atoms with Crippen molar-refractivity contribution in [3.8, 4) is 0 Å². The Morgan fingerprint density at radius 2 is 2.00 bits per heavy atom. The van der Waals surface area contributed by atoms with Crippen LogP contribution in [0.25, 0.3) is 0 Å². The molecule has 1 heterocycles. The normalized spacial score (nSPS) is 10.1. The fourth-order valence-electron chi connectivity index (χ4n) is 1.41.